The molecule has 9 aromatic carbocycles. The maximum absolute atomic E-state index is 13.1. The Labute approximate surface area is 384 Å². The Morgan fingerprint density at radius 2 is 0.768 bits per heavy atom. The third kappa shape index (κ3) is 7.10. The third-order valence-corrected chi connectivity index (χ3v) is 11.7. The number of nitrogens with zero attached hydrogens (tertiary/aromatic N) is 1. The fourth-order valence-electron chi connectivity index (χ4n) is 8.48. The quantitative estimate of drug-likeness (QED) is 0.0578. The number of fused-ring (bicyclic) bond motifs is 7. The maximum atomic E-state index is 13.1. The van der Waals surface area contributed by atoms with Crippen molar-refractivity contribution in [2.75, 3.05) is 5.73 Å². The van der Waals surface area contributed by atoms with Crippen molar-refractivity contribution in [3.05, 3.63) is 208 Å². The molecule has 0 spiro atoms. The van der Waals surface area contributed by atoms with Gasteiger partial charge in [-0.25, -0.2) is 14.2 Å². The molecule has 17 heteroatoms. The summed E-state index contributed by atoms with van der Waals surface area (Å²) in [5.41, 5.74) is 2.06. The van der Waals surface area contributed by atoms with Crippen LogP contribution < -0.4 is 27.7 Å². The van der Waals surface area contributed by atoms with Gasteiger partial charge in [0, 0.05) is 49.1 Å². The number of aromatic hydroxyl groups is 4. The highest BCUT2D eigenvalue weighted by Gasteiger charge is 2.37. The lowest BCUT2D eigenvalue weighted by Crippen LogP contribution is -2.23. The lowest BCUT2D eigenvalue weighted by Gasteiger charge is -2.21. The average Bonchev–Trinajstić information content (AvgIpc) is 3.59. The Balaban J connectivity index is 0.000000163. The Morgan fingerprint density at radius 3 is 1.13 bits per heavy atom. The minimum absolute atomic E-state index is 0. The number of ketones is 2. The minimum atomic E-state index is -1.57. The number of nitrogens with two attached hydrogens (primary N) is 1. The highest BCUT2D eigenvalue weighted by atomic mass is 16.4. The summed E-state index contributed by atoms with van der Waals surface area (Å²) in [4.78, 5) is 101. The molecule has 0 atom stereocenters. The summed E-state index contributed by atoms with van der Waals surface area (Å²) >= 11 is 0. The second-order valence-corrected chi connectivity index (χ2v) is 15.5. The molecule has 0 unspecified atom stereocenters. The SMILES string of the molecule is Nc1ccccc1.O=C(O)c1cc2c(O)c3c(c(O)c2cc1C(=O)O)C(=O)c1ccccc1C3=O.O=c1c2ccccc2c(=O)c2c(O)c3cc4c(=O)n(-c5ccccc5)c(=O)c4cc3c(O)c12.[OH-]. The number of para-hydroxylation sites is 2. The zero-order valence-corrected chi connectivity index (χ0v) is 35.1. The van der Waals surface area contributed by atoms with Gasteiger partial charge < -0.3 is 41.8 Å². The first-order chi connectivity index (χ1) is 32.5. The zero-order chi connectivity index (χ0) is 48.5. The van der Waals surface area contributed by atoms with E-state index in [4.69, 9.17) is 5.73 Å². The summed E-state index contributed by atoms with van der Waals surface area (Å²) in [5, 5.41) is 61.0. The topological polar surface area (TPSA) is 319 Å². The molecule has 1 aromatic heterocycles. The molecule has 1 aliphatic carbocycles. The van der Waals surface area contributed by atoms with Gasteiger partial charge in [0.15, 0.2) is 22.4 Å². The number of phenols is 4. The predicted molar refractivity (Wildman–Crippen MR) is 254 cm³/mol. The molecular weight excluding hydrogens is 893 g/mol. The molecule has 1 aliphatic rings. The van der Waals surface area contributed by atoms with Crippen LogP contribution in [0.1, 0.15) is 52.6 Å². The number of hydrogen-bond acceptors (Lipinski definition) is 14. The second-order valence-electron chi connectivity index (χ2n) is 15.5. The van der Waals surface area contributed by atoms with Gasteiger partial charge in [-0.1, -0.05) is 84.9 Å². The molecule has 340 valence electrons. The Morgan fingerprint density at radius 1 is 0.420 bits per heavy atom. The second kappa shape index (κ2) is 17.1. The van der Waals surface area contributed by atoms with Gasteiger partial charge in [0.1, 0.15) is 23.0 Å². The van der Waals surface area contributed by atoms with Crippen molar-refractivity contribution in [2.45, 2.75) is 0 Å². The largest absolute Gasteiger partial charge is 0.870 e. The molecule has 0 bridgehead atoms. The molecule has 10 aromatic rings. The van der Waals surface area contributed by atoms with Crippen LogP contribution in [0.25, 0.3) is 59.5 Å². The van der Waals surface area contributed by atoms with Crippen LogP contribution in [0.15, 0.2) is 153 Å². The van der Waals surface area contributed by atoms with Crippen molar-refractivity contribution in [3.8, 4) is 28.7 Å². The number of carbonyl (C=O) groups excluding carboxylic acids is 2. The van der Waals surface area contributed by atoms with E-state index in [-0.39, 0.29) is 70.5 Å². The van der Waals surface area contributed by atoms with E-state index in [2.05, 4.69) is 0 Å². The van der Waals surface area contributed by atoms with Crippen LogP contribution in [0.5, 0.6) is 23.0 Å². The molecule has 1 heterocycles. The first kappa shape index (κ1) is 45.6. The summed E-state index contributed by atoms with van der Waals surface area (Å²) in [6, 6.07) is 34.1. The van der Waals surface area contributed by atoms with Gasteiger partial charge in [-0.15, -0.1) is 0 Å². The number of aromatic nitrogens is 1. The van der Waals surface area contributed by atoms with E-state index < -0.39 is 90.7 Å². The smallest absolute Gasteiger partial charge is 0.336 e. The highest BCUT2D eigenvalue weighted by molar-refractivity contribution is 6.32. The first-order valence-corrected chi connectivity index (χ1v) is 20.2. The highest BCUT2D eigenvalue weighted by Crippen LogP contribution is 2.45. The molecule has 11 rings (SSSR count). The maximum Gasteiger partial charge on any atom is 0.336 e. The summed E-state index contributed by atoms with van der Waals surface area (Å²) in [6.07, 6.45) is 0. The minimum Gasteiger partial charge on any atom is -0.870 e. The van der Waals surface area contributed by atoms with Gasteiger partial charge in [-0.2, -0.15) is 0 Å². The van der Waals surface area contributed by atoms with Gasteiger partial charge in [0.2, 0.25) is 0 Å². The molecule has 17 nitrogen and oxygen atoms in total. The standard InChI is InChI=1S/C26H13NO6.C20H10O8.C6H7N.H2O/c28-21-13-8-4-5-9-14(13)22(29)20-19(21)23(30)15-10-17-18(11-16(15)24(20)31)26(33)27(25(17)32)12-6-2-1-3-7-12;21-15-7-3-1-2-4-8(7)16(22)14-13(15)17(23)9-5-11(19(25)26)12(20(27)28)6-10(9)18(14)24;7-6-4-2-1-3-5-6;/h1-11,30-31H;1-6,23-24H,(H,25,26)(H,27,28);1-5H,7H2;1H2/p-1. The number of hydrogen-bond donors (Lipinski definition) is 7. The lowest BCUT2D eigenvalue weighted by atomic mass is 9.81. The van der Waals surface area contributed by atoms with E-state index in [1.165, 1.54) is 48.5 Å². The van der Waals surface area contributed by atoms with Crippen molar-refractivity contribution < 1.29 is 55.3 Å². The van der Waals surface area contributed by atoms with Crippen LogP contribution in [0.3, 0.4) is 0 Å². The Bertz CT molecular complexity index is 3880. The van der Waals surface area contributed by atoms with Crippen LogP contribution in [0.4, 0.5) is 5.69 Å². The number of carboxylic acids is 2. The number of rotatable bonds is 3. The number of phenolic OH excluding ortho intramolecular Hbond substituents is 4. The first-order valence-electron chi connectivity index (χ1n) is 20.2. The van der Waals surface area contributed by atoms with E-state index in [1.807, 2.05) is 30.3 Å². The third-order valence-electron chi connectivity index (χ3n) is 11.7. The van der Waals surface area contributed by atoms with Gasteiger partial charge >= 0.3 is 11.9 Å². The van der Waals surface area contributed by atoms with E-state index in [0.29, 0.717) is 5.69 Å². The fourth-order valence-corrected chi connectivity index (χ4v) is 8.48. The molecule has 0 fully saturated rings. The molecule has 9 N–H and O–H groups in total. The van der Waals surface area contributed by atoms with Crippen molar-refractivity contribution in [1.29, 1.82) is 0 Å². The molecule has 0 aliphatic heterocycles. The summed E-state index contributed by atoms with van der Waals surface area (Å²) in [6.45, 7) is 0. The van der Waals surface area contributed by atoms with Crippen LogP contribution in [0.2, 0.25) is 0 Å². The lowest BCUT2D eigenvalue weighted by molar-refractivity contribution is 0.0652. The van der Waals surface area contributed by atoms with Crippen molar-refractivity contribution in [1.82, 2.24) is 4.57 Å². The van der Waals surface area contributed by atoms with Gasteiger partial charge in [-0.3, -0.25) is 28.8 Å². The van der Waals surface area contributed by atoms with Crippen LogP contribution >= 0.6 is 0 Å². The van der Waals surface area contributed by atoms with Gasteiger partial charge in [0.05, 0.1) is 49.5 Å². The van der Waals surface area contributed by atoms with E-state index in [0.717, 1.165) is 22.4 Å². The van der Waals surface area contributed by atoms with Gasteiger partial charge in [0.25, 0.3) is 11.1 Å². The van der Waals surface area contributed by atoms with Crippen LogP contribution in [-0.2, 0) is 0 Å². The normalized spacial score (nSPS) is 11.6. The van der Waals surface area contributed by atoms with Crippen molar-refractivity contribution in [3.63, 3.8) is 0 Å². The monoisotopic (exact) mass is 923 g/mol. The summed E-state index contributed by atoms with van der Waals surface area (Å²) < 4.78 is 1.00. The van der Waals surface area contributed by atoms with Crippen molar-refractivity contribution in [2.24, 2.45) is 0 Å². The number of anilines is 1. The molecule has 0 saturated carbocycles. The molecule has 0 saturated heterocycles. The Hall–Kier alpha value is -10.0. The molecular formula is C52H31N2O15-. The van der Waals surface area contributed by atoms with Crippen LogP contribution in [0, 0.1) is 0 Å². The number of nitrogen functional groups attached to an aromatic ring is 1. The molecule has 0 radical (unpaired) electrons. The summed E-state index contributed by atoms with van der Waals surface area (Å²) in [5.74, 6) is -6.99. The fraction of sp³-hybridized carbons (Fsp3) is 0. The van der Waals surface area contributed by atoms with E-state index in [9.17, 15) is 69.0 Å². The van der Waals surface area contributed by atoms with E-state index in [1.54, 1.807) is 42.5 Å². The van der Waals surface area contributed by atoms with E-state index >= 15 is 0 Å². The van der Waals surface area contributed by atoms with Crippen molar-refractivity contribution >= 4 is 83.1 Å². The zero-order valence-electron chi connectivity index (χ0n) is 35.1. The molecule has 69 heavy (non-hydrogen) atoms. The van der Waals surface area contributed by atoms with Gasteiger partial charge in [-0.05, 0) is 48.5 Å². The Kier molecular flexibility index (Phi) is 11.3. The molecule has 0 amide bonds. The average molecular weight is 924 g/mol. The van der Waals surface area contributed by atoms with Crippen LogP contribution in [-0.4, -0.2) is 64.2 Å². The number of carboxylic acid groups (broad SMARTS) is 2. The number of carbonyl (C=O) groups is 4. The number of benzene rings is 9. The summed E-state index contributed by atoms with van der Waals surface area (Å²) in [7, 11) is 0. The predicted octanol–water partition coefficient (Wildman–Crippen LogP) is 6.33. The number of aromatic carboxylic acids is 2.